The van der Waals surface area contributed by atoms with Crippen molar-refractivity contribution in [3.63, 3.8) is 0 Å². The predicted molar refractivity (Wildman–Crippen MR) is 92.6 cm³/mol. The van der Waals surface area contributed by atoms with E-state index >= 15 is 0 Å². The molecule has 0 radical (unpaired) electrons. The maximum atomic E-state index is 5.41. The number of hydrogen-bond donors (Lipinski definition) is 2. The Kier molecular flexibility index (Phi) is 6.77. The summed E-state index contributed by atoms with van der Waals surface area (Å²) in [5, 5.41) is 18.6. The molecule has 132 valence electrons. The van der Waals surface area contributed by atoms with Crippen molar-refractivity contribution in [3.05, 3.63) is 29.7 Å². The molecule has 2 N–H and O–H groups in total. The molecule has 0 saturated carbocycles. The molecule has 2 aromatic heterocycles. The van der Waals surface area contributed by atoms with Crippen molar-refractivity contribution in [1.82, 2.24) is 30.6 Å². The number of aryl methyl sites for hydroxylation is 1. The average Bonchev–Trinajstić information content (AvgIpc) is 3.25. The van der Waals surface area contributed by atoms with Gasteiger partial charge >= 0.3 is 0 Å². The van der Waals surface area contributed by atoms with E-state index in [1.54, 1.807) is 13.4 Å². The minimum atomic E-state index is 0.459. The van der Waals surface area contributed by atoms with Crippen molar-refractivity contribution < 1.29 is 4.52 Å². The molecule has 0 aliphatic heterocycles. The molecule has 0 atom stereocenters. The van der Waals surface area contributed by atoms with Gasteiger partial charge in [0.2, 0.25) is 0 Å². The Morgan fingerprint density at radius 3 is 2.67 bits per heavy atom. The van der Waals surface area contributed by atoms with Gasteiger partial charge in [-0.25, -0.2) is 0 Å². The largest absolute Gasteiger partial charge is 0.359 e. The lowest BCUT2D eigenvalue weighted by Gasteiger charge is -2.10. The number of aromatic nitrogens is 4. The summed E-state index contributed by atoms with van der Waals surface area (Å²) < 4.78 is 7.39. The van der Waals surface area contributed by atoms with Gasteiger partial charge in [-0.2, -0.15) is 0 Å². The van der Waals surface area contributed by atoms with Gasteiger partial charge in [0.15, 0.2) is 17.5 Å². The molecule has 0 aliphatic carbocycles. The molecule has 2 rings (SSSR count). The molecule has 0 unspecified atom stereocenters. The first-order valence-corrected chi connectivity index (χ1v) is 8.48. The maximum absolute atomic E-state index is 5.41. The molecule has 0 fully saturated rings. The van der Waals surface area contributed by atoms with Crippen LogP contribution in [-0.2, 0) is 19.6 Å². The van der Waals surface area contributed by atoms with Crippen molar-refractivity contribution >= 4 is 5.96 Å². The summed E-state index contributed by atoms with van der Waals surface area (Å²) in [5.74, 6) is 2.81. The minimum Gasteiger partial charge on any atom is -0.359 e. The molecular formula is C16H27N7O. The maximum Gasteiger partial charge on any atom is 0.191 e. The summed E-state index contributed by atoms with van der Waals surface area (Å²) in [6, 6.07) is 2.02. The SMILES string of the molecule is CCC(CC)c1cc(CNC(=NC)NCc2nncn2CC)on1. The molecule has 24 heavy (non-hydrogen) atoms. The van der Waals surface area contributed by atoms with Crippen LogP contribution in [0, 0.1) is 0 Å². The number of nitrogens with zero attached hydrogens (tertiary/aromatic N) is 5. The van der Waals surface area contributed by atoms with Crippen LogP contribution < -0.4 is 10.6 Å². The predicted octanol–water partition coefficient (Wildman–Crippen LogP) is 2.05. The lowest BCUT2D eigenvalue weighted by atomic mass is 9.99. The van der Waals surface area contributed by atoms with Crippen LogP contribution >= 0.6 is 0 Å². The van der Waals surface area contributed by atoms with Crippen molar-refractivity contribution in [1.29, 1.82) is 0 Å². The Bertz CT molecular complexity index is 642. The highest BCUT2D eigenvalue weighted by Crippen LogP contribution is 2.22. The molecule has 0 aliphatic rings. The number of rotatable bonds is 8. The van der Waals surface area contributed by atoms with Gasteiger partial charge in [0, 0.05) is 25.6 Å². The van der Waals surface area contributed by atoms with E-state index in [4.69, 9.17) is 4.52 Å². The van der Waals surface area contributed by atoms with Gasteiger partial charge < -0.3 is 19.7 Å². The first kappa shape index (κ1) is 18.0. The Morgan fingerprint density at radius 1 is 1.25 bits per heavy atom. The van der Waals surface area contributed by atoms with Crippen molar-refractivity contribution in [2.24, 2.45) is 4.99 Å². The minimum absolute atomic E-state index is 0.459. The van der Waals surface area contributed by atoms with Crippen LogP contribution in [0.15, 0.2) is 21.9 Å². The summed E-state index contributed by atoms with van der Waals surface area (Å²) >= 11 is 0. The Labute approximate surface area is 142 Å². The second-order valence-electron chi connectivity index (χ2n) is 5.54. The van der Waals surface area contributed by atoms with Crippen LogP contribution in [0.2, 0.25) is 0 Å². The number of nitrogens with one attached hydrogen (secondary N) is 2. The molecule has 0 amide bonds. The fourth-order valence-electron chi connectivity index (χ4n) is 2.55. The highest BCUT2D eigenvalue weighted by Gasteiger charge is 2.13. The molecule has 0 bridgehead atoms. The zero-order valence-electron chi connectivity index (χ0n) is 14.9. The van der Waals surface area contributed by atoms with Gasteiger partial charge in [-0.1, -0.05) is 19.0 Å². The third-order valence-corrected chi connectivity index (χ3v) is 4.09. The molecule has 8 nitrogen and oxygen atoms in total. The molecule has 0 saturated heterocycles. The van der Waals surface area contributed by atoms with Gasteiger partial charge in [0.25, 0.3) is 0 Å². The summed E-state index contributed by atoms with van der Waals surface area (Å²) in [6.45, 7) is 8.33. The van der Waals surface area contributed by atoms with Gasteiger partial charge in [-0.3, -0.25) is 4.99 Å². The Hall–Kier alpha value is -2.38. The zero-order chi connectivity index (χ0) is 17.4. The van der Waals surface area contributed by atoms with Crippen molar-refractivity contribution in [2.45, 2.75) is 59.2 Å². The summed E-state index contributed by atoms with van der Waals surface area (Å²) in [6.07, 6.45) is 3.86. The fraction of sp³-hybridized carbons (Fsp3) is 0.625. The monoisotopic (exact) mass is 333 g/mol. The summed E-state index contributed by atoms with van der Waals surface area (Å²) in [5.41, 5.74) is 1.02. The standard InChI is InChI=1S/C16H27N7O/c1-5-12(6-2)14-8-13(24-22-14)9-18-16(17-4)19-10-15-21-20-11-23(15)7-3/h8,11-12H,5-7,9-10H2,1-4H3,(H2,17,18,19). The highest BCUT2D eigenvalue weighted by atomic mass is 16.5. The van der Waals surface area contributed by atoms with E-state index in [9.17, 15) is 0 Å². The normalized spacial score (nSPS) is 12.0. The topological polar surface area (TPSA) is 93.2 Å². The first-order valence-electron chi connectivity index (χ1n) is 8.48. The van der Waals surface area contributed by atoms with E-state index in [0.717, 1.165) is 36.7 Å². The van der Waals surface area contributed by atoms with Gasteiger partial charge in [-0.05, 0) is 19.8 Å². The molecule has 2 heterocycles. The van der Waals surface area contributed by atoms with E-state index in [2.05, 4.69) is 51.8 Å². The molecular weight excluding hydrogens is 306 g/mol. The Balaban J connectivity index is 1.85. The van der Waals surface area contributed by atoms with E-state index < -0.39 is 0 Å². The van der Waals surface area contributed by atoms with Crippen LogP contribution in [0.1, 0.15) is 56.8 Å². The number of aliphatic imine (C=N–C) groups is 1. The molecule has 8 heteroatoms. The van der Waals surface area contributed by atoms with E-state index in [-0.39, 0.29) is 0 Å². The van der Waals surface area contributed by atoms with E-state index in [1.165, 1.54) is 0 Å². The fourth-order valence-corrected chi connectivity index (χ4v) is 2.55. The lowest BCUT2D eigenvalue weighted by molar-refractivity contribution is 0.368. The Morgan fingerprint density at radius 2 is 2.00 bits per heavy atom. The van der Waals surface area contributed by atoms with Crippen LogP contribution in [-0.4, -0.2) is 32.9 Å². The lowest BCUT2D eigenvalue weighted by Crippen LogP contribution is -2.36. The average molecular weight is 333 g/mol. The summed E-state index contributed by atoms with van der Waals surface area (Å²) in [7, 11) is 1.73. The van der Waals surface area contributed by atoms with Crippen LogP contribution in [0.5, 0.6) is 0 Å². The zero-order valence-corrected chi connectivity index (χ0v) is 14.9. The van der Waals surface area contributed by atoms with Gasteiger partial charge in [0.1, 0.15) is 6.33 Å². The van der Waals surface area contributed by atoms with Crippen LogP contribution in [0.3, 0.4) is 0 Å². The van der Waals surface area contributed by atoms with Crippen molar-refractivity contribution in [3.8, 4) is 0 Å². The van der Waals surface area contributed by atoms with E-state index in [0.29, 0.717) is 25.0 Å². The first-order chi connectivity index (χ1) is 11.7. The third-order valence-electron chi connectivity index (χ3n) is 4.09. The molecule has 0 spiro atoms. The second kappa shape index (κ2) is 9.05. The number of hydrogen-bond acceptors (Lipinski definition) is 5. The molecule has 2 aromatic rings. The van der Waals surface area contributed by atoms with Gasteiger partial charge in [0.05, 0.1) is 18.8 Å². The summed E-state index contributed by atoms with van der Waals surface area (Å²) in [4.78, 5) is 4.21. The van der Waals surface area contributed by atoms with Crippen molar-refractivity contribution in [2.75, 3.05) is 7.05 Å². The molecule has 0 aromatic carbocycles. The van der Waals surface area contributed by atoms with E-state index in [1.807, 2.05) is 10.6 Å². The number of guanidine groups is 1. The van der Waals surface area contributed by atoms with Crippen LogP contribution in [0.4, 0.5) is 0 Å². The third kappa shape index (κ3) is 4.56. The second-order valence-corrected chi connectivity index (χ2v) is 5.54. The smallest absolute Gasteiger partial charge is 0.191 e. The van der Waals surface area contributed by atoms with Crippen LogP contribution in [0.25, 0.3) is 0 Å². The van der Waals surface area contributed by atoms with Gasteiger partial charge in [-0.15, -0.1) is 10.2 Å². The highest BCUT2D eigenvalue weighted by molar-refractivity contribution is 5.79. The quantitative estimate of drug-likeness (QED) is 0.567.